The Kier molecular flexibility index (Phi) is 4.03. The van der Waals surface area contributed by atoms with Gasteiger partial charge in [-0.25, -0.2) is 19.6 Å². The highest BCUT2D eigenvalue weighted by Gasteiger charge is 2.44. The number of hydrazine groups is 1. The second-order valence-electron chi connectivity index (χ2n) is 6.74. The molecule has 6 nitrogen and oxygen atoms in total. The largest absolute Gasteiger partial charge is 0.442 e. The zero-order valence-electron chi connectivity index (χ0n) is 12.8. The van der Waals surface area contributed by atoms with Gasteiger partial charge in [0.1, 0.15) is 11.2 Å². The minimum atomic E-state index is -0.591. The molecule has 2 amide bonds. The van der Waals surface area contributed by atoms with Crippen molar-refractivity contribution < 1.29 is 19.1 Å². The summed E-state index contributed by atoms with van der Waals surface area (Å²) < 4.78 is 10.5. The topological polar surface area (TPSA) is 59.1 Å². The molecule has 1 unspecified atom stereocenters. The van der Waals surface area contributed by atoms with Crippen molar-refractivity contribution in [3.8, 4) is 0 Å². The van der Waals surface area contributed by atoms with E-state index in [4.69, 9.17) is 9.47 Å². The molecule has 0 bridgehead atoms. The quantitative estimate of drug-likeness (QED) is 0.680. The molecule has 1 saturated heterocycles. The molecule has 0 N–H and O–H groups in total. The zero-order valence-corrected chi connectivity index (χ0v) is 12.8. The lowest BCUT2D eigenvalue weighted by molar-refractivity contribution is -0.135. The molecule has 0 saturated carbocycles. The molecular formula is C13H24N2O4. The molecule has 0 aliphatic carbocycles. The Balaban J connectivity index is 2.67. The SMILES string of the molecule is CC1CN(C(=O)OC(C)(C)C)N1C(=O)OC(C)(C)C. The van der Waals surface area contributed by atoms with Crippen molar-refractivity contribution in [2.45, 2.75) is 65.7 Å². The summed E-state index contributed by atoms with van der Waals surface area (Å²) in [5.41, 5.74) is -1.18. The fourth-order valence-corrected chi connectivity index (χ4v) is 1.62. The van der Waals surface area contributed by atoms with Crippen LogP contribution in [-0.2, 0) is 9.47 Å². The second kappa shape index (κ2) is 4.90. The lowest BCUT2D eigenvalue weighted by Crippen LogP contribution is -2.68. The van der Waals surface area contributed by atoms with Crippen LogP contribution in [0.5, 0.6) is 0 Å². The van der Waals surface area contributed by atoms with E-state index in [1.54, 1.807) is 41.5 Å². The van der Waals surface area contributed by atoms with Gasteiger partial charge < -0.3 is 9.47 Å². The van der Waals surface area contributed by atoms with E-state index < -0.39 is 23.4 Å². The highest BCUT2D eigenvalue weighted by molar-refractivity contribution is 5.76. The second-order valence-corrected chi connectivity index (χ2v) is 6.74. The lowest BCUT2D eigenvalue weighted by atomic mass is 10.2. The predicted molar refractivity (Wildman–Crippen MR) is 70.5 cm³/mol. The van der Waals surface area contributed by atoms with Crippen molar-refractivity contribution >= 4 is 12.2 Å². The maximum absolute atomic E-state index is 12.0. The summed E-state index contributed by atoms with van der Waals surface area (Å²) in [6.45, 7) is 13.0. The van der Waals surface area contributed by atoms with Crippen LogP contribution in [-0.4, -0.2) is 46.0 Å². The first-order valence-electron chi connectivity index (χ1n) is 6.43. The first-order chi connectivity index (χ1) is 8.41. The molecule has 0 radical (unpaired) electrons. The van der Waals surface area contributed by atoms with E-state index in [0.717, 1.165) is 0 Å². The van der Waals surface area contributed by atoms with Crippen LogP contribution in [0.25, 0.3) is 0 Å². The van der Waals surface area contributed by atoms with Crippen molar-refractivity contribution in [3.05, 3.63) is 0 Å². The Morgan fingerprint density at radius 3 is 1.74 bits per heavy atom. The standard InChI is InChI=1S/C13H24N2O4/c1-9-8-14(10(16)18-12(2,3)4)15(9)11(17)19-13(5,6)7/h9H,8H2,1-7H3. The number of ether oxygens (including phenoxy) is 2. The Hall–Kier alpha value is -1.46. The first-order valence-corrected chi connectivity index (χ1v) is 6.43. The number of hydrogen-bond donors (Lipinski definition) is 0. The van der Waals surface area contributed by atoms with E-state index in [0.29, 0.717) is 6.54 Å². The molecule has 110 valence electrons. The summed E-state index contributed by atoms with van der Waals surface area (Å²) in [5.74, 6) is 0. The summed E-state index contributed by atoms with van der Waals surface area (Å²) in [4.78, 5) is 23.9. The molecule has 19 heavy (non-hydrogen) atoms. The maximum atomic E-state index is 12.0. The average molecular weight is 272 g/mol. The molecule has 1 aliphatic heterocycles. The van der Waals surface area contributed by atoms with Crippen LogP contribution in [0.4, 0.5) is 9.59 Å². The van der Waals surface area contributed by atoms with E-state index in [1.807, 2.05) is 6.92 Å². The summed E-state index contributed by atoms with van der Waals surface area (Å²) in [6, 6.07) is -0.0673. The molecule has 1 heterocycles. The number of rotatable bonds is 0. The number of hydrogen-bond acceptors (Lipinski definition) is 4. The molecule has 1 atom stereocenters. The number of carbonyl (C=O) groups is 2. The molecular weight excluding hydrogens is 248 g/mol. The normalized spacial score (nSPS) is 19.8. The van der Waals surface area contributed by atoms with Crippen LogP contribution in [0.2, 0.25) is 0 Å². The van der Waals surface area contributed by atoms with Crippen LogP contribution in [0.15, 0.2) is 0 Å². The third kappa shape index (κ3) is 4.29. The van der Waals surface area contributed by atoms with Crippen LogP contribution in [0, 0.1) is 0 Å². The van der Waals surface area contributed by atoms with Crippen molar-refractivity contribution in [1.82, 2.24) is 10.0 Å². The van der Waals surface area contributed by atoms with Crippen molar-refractivity contribution in [1.29, 1.82) is 0 Å². The summed E-state index contributed by atoms with van der Waals surface area (Å²) in [6.07, 6.45) is -1.06. The third-order valence-electron chi connectivity index (χ3n) is 2.30. The van der Waals surface area contributed by atoms with Gasteiger partial charge in [0.25, 0.3) is 0 Å². The summed E-state index contributed by atoms with van der Waals surface area (Å²) in [7, 11) is 0. The van der Waals surface area contributed by atoms with Gasteiger partial charge in [0.15, 0.2) is 0 Å². The van der Waals surface area contributed by atoms with E-state index in [1.165, 1.54) is 10.0 Å². The van der Waals surface area contributed by atoms with Gasteiger partial charge in [-0.15, -0.1) is 0 Å². The Morgan fingerprint density at radius 1 is 0.947 bits per heavy atom. The number of carbonyl (C=O) groups excluding carboxylic acids is 2. The van der Waals surface area contributed by atoms with Gasteiger partial charge in [0.05, 0.1) is 12.6 Å². The van der Waals surface area contributed by atoms with Crippen molar-refractivity contribution in [2.75, 3.05) is 6.54 Å². The highest BCUT2D eigenvalue weighted by Crippen LogP contribution is 2.24. The van der Waals surface area contributed by atoms with Crippen LogP contribution < -0.4 is 0 Å². The molecule has 0 aromatic rings. The summed E-state index contributed by atoms with van der Waals surface area (Å²) >= 11 is 0. The van der Waals surface area contributed by atoms with Crippen molar-refractivity contribution in [2.24, 2.45) is 0 Å². The molecule has 1 fully saturated rings. The molecule has 1 rings (SSSR count). The monoisotopic (exact) mass is 272 g/mol. The van der Waals surface area contributed by atoms with Crippen LogP contribution in [0.1, 0.15) is 48.5 Å². The van der Waals surface area contributed by atoms with E-state index in [-0.39, 0.29) is 6.04 Å². The molecule has 6 heteroatoms. The Labute approximate surface area is 114 Å². The molecule has 1 aliphatic rings. The predicted octanol–water partition coefficient (Wildman–Crippen LogP) is 2.78. The van der Waals surface area contributed by atoms with Crippen LogP contribution in [0.3, 0.4) is 0 Å². The Morgan fingerprint density at radius 2 is 1.37 bits per heavy atom. The van der Waals surface area contributed by atoms with Gasteiger partial charge >= 0.3 is 12.2 Å². The van der Waals surface area contributed by atoms with Crippen LogP contribution >= 0.6 is 0 Å². The van der Waals surface area contributed by atoms with Gasteiger partial charge in [0.2, 0.25) is 0 Å². The van der Waals surface area contributed by atoms with Gasteiger partial charge in [-0.05, 0) is 48.5 Å². The highest BCUT2D eigenvalue weighted by atomic mass is 16.6. The molecule has 0 spiro atoms. The minimum absolute atomic E-state index is 0.0673. The number of nitrogens with zero attached hydrogens (tertiary/aromatic N) is 2. The zero-order chi connectivity index (χ0) is 15.0. The number of amides is 2. The first kappa shape index (κ1) is 15.6. The third-order valence-corrected chi connectivity index (χ3v) is 2.30. The van der Waals surface area contributed by atoms with Crippen molar-refractivity contribution in [3.63, 3.8) is 0 Å². The smallest absolute Gasteiger partial charge is 0.429 e. The van der Waals surface area contributed by atoms with Gasteiger partial charge in [-0.3, -0.25) is 0 Å². The maximum Gasteiger partial charge on any atom is 0.429 e. The van der Waals surface area contributed by atoms with E-state index >= 15 is 0 Å². The Bertz CT molecular complexity index is 368. The van der Waals surface area contributed by atoms with Gasteiger partial charge in [0, 0.05) is 0 Å². The summed E-state index contributed by atoms with van der Waals surface area (Å²) in [5, 5.41) is 2.56. The molecule has 0 aromatic heterocycles. The fourth-order valence-electron chi connectivity index (χ4n) is 1.62. The van der Waals surface area contributed by atoms with Gasteiger partial charge in [-0.1, -0.05) is 0 Å². The molecule has 0 aromatic carbocycles. The van der Waals surface area contributed by atoms with E-state index in [2.05, 4.69) is 0 Å². The fraction of sp³-hybridized carbons (Fsp3) is 0.846. The average Bonchev–Trinajstić information content (AvgIpc) is 2.06. The minimum Gasteiger partial charge on any atom is -0.442 e. The van der Waals surface area contributed by atoms with E-state index in [9.17, 15) is 9.59 Å². The lowest BCUT2D eigenvalue weighted by Gasteiger charge is -2.48. The van der Waals surface area contributed by atoms with Gasteiger partial charge in [-0.2, -0.15) is 0 Å².